The van der Waals surface area contributed by atoms with Crippen LogP contribution in [0, 0.1) is 0 Å². The van der Waals surface area contributed by atoms with Gasteiger partial charge in [0.25, 0.3) is 0 Å². The van der Waals surface area contributed by atoms with Gasteiger partial charge in [0, 0.05) is 27.8 Å². The summed E-state index contributed by atoms with van der Waals surface area (Å²) < 4.78 is 6.22. The van der Waals surface area contributed by atoms with Crippen LogP contribution >= 0.6 is 0 Å². The predicted octanol–water partition coefficient (Wildman–Crippen LogP) is 13.0. The van der Waals surface area contributed by atoms with E-state index in [-0.39, 0.29) is 0 Å². The second-order valence-electron chi connectivity index (χ2n) is 11.8. The summed E-state index contributed by atoms with van der Waals surface area (Å²) in [5.41, 5.74) is 11.8. The highest BCUT2D eigenvalue weighted by molar-refractivity contribution is 6.05. The highest BCUT2D eigenvalue weighted by atomic mass is 16.3. The zero-order valence-corrected chi connectivity index (χ0v) is 26.5. The van der Waals surface area contributed by atoms with Crippen molar-refractivity contribution in [3.05, 3.63) is 206 Å². The van der Waals surface area contributed by atoms with Crippen molar-refractivity contribution in [2.45, 2.75) is 0 Å². The van der Waals surface area contributed by atoms with Crippen molar-refractivity contribution in [1.29, 1.82) is 0 Å². The Morgan fingerprint density at radius 3 is 1.88 bits per heavy atom. The van der Waals surface area contributed by atoms with Gasteiger partial charge in [0.1, 0.15) is 5.58 Å². The Balaban J connectivity index is 1.37. The maximum absolute atomic E-state index is 6.22. The van der Waals surface area contributed by atoms with Gasteiger partial charge in [-0.1, -0.05) is 146 Å². The lowest BCUT2D eigenvalue weighted by Crippen LogP contribution is -2.13. The van der Waals surface area contributed by atoms with Crippen molar-refractivity contribution in [1.82, 2.24) is 0 Å². The zero-order chi connectivity index (χ0) is 32.3. The number of fused-ring (bicyclic) bond motifs is 2. The molecule has 8 aromatic rings. The predicted molar refractivity (Wildman–Crippen MR) is 203 cm³/mol. The molecule has 0 atom stereocenters. The molecule has 48 heavy (non-hydrogen) atoms. The molecule has 0 saturated carbocycles. The second-order valence-corrected chi connectivity index (χ2v) is 11.8. The van der Waals surface area contributed by atoms with Gasteiger partial charge in [-0.15, -0.1) is 0 Å². The molecule has 2 heteroatoms. The number of nitrogens with zero attached hydrogens (tertiary/aromatic N) is 1. The number of hydrogen-bond acceptors (Lipinski definition) is 2. The Kier molecular flexibility index (Phi) is 7.74. The maximum Gasteiger partial charge on any atom is 0.135 e. The Morgan fingerprint density at radius 2 is 1.15 bits per heavy atom. The molecule has 0 aliphatic carbocycles. The number of hydrogen-bond donors (Lipinski definition) is 0. The van der Waals surface area contributed by atoms with Crippen molar-refractivity contribution in [3.63, 3.8) is 0 Å². The first-order valence-electron chi connectivity index (χ1n) is 16.2. The largest absolute Gasteiger partial charge is 0.464 e. The molecule has 0 radical (unpaired) electrons. The molecule has 2 nitrogen and oxygen atoms in total. The van der Waals surface area contributed by atoms with E-state index in [4.69, 9.17) is 4.42 Å². The van der Waals surface area contributed by atoms with E-state index < -0.39 is 0 Å². The first kappa shape index (κ1) is 29.1. The van der Waals surface area contributed by atoms with Gasteiger partial charge in [-0.2, -0.15) is 0 Å². The van der Waals surface area contributed by atoms with Gasteiger partial charge >= 0.3 is 0 Å². The molecule has 0 aliphatic rings. The molecule has 8 rings (SSSR count). The monoisotopic (exact) mass is 615 g/mol. The molecule has 228 valence electrons. The first-order chi connectivity index (χ1) is 23.8. The molecular weight excluding hydrogens is 583 g/mol. The summed E-state index contributed by atoms with van der Waals surface area (Å²) in [6.45, 7) is 4.13. The van der Waals surface area contributed by atoms with Crippen LogP contribution in [-0.4, -0.2) is 0 Å². The molecule has 0 bridgehead atoms. The highest BCUT2D eigenvalue weighted by Gasteiger charge is 2.23. The number of para-hydroxylation sites is 2. The summed E-state index contributed by atoms with van der Waals surface area (Å²) in [5, 5.41) is 3.40. The molecule has 0 spiro atoms. The van der Waals surface area contributed by atoms with Crippen molar-refractivity contribution in [2.75, 3.05) is 4.90 Å². The molecule has 0 aliphatic heterocycles. The smallest absolute Gasteiger partial charge is 0.135 e. The van der Waals surface area contributed by atoms with Crippen LogP contribution in [0.25, 0.3) is 49.6 Å². The van der Waals surface area contributed by atoms with Crippen LogP contribution in [0.3, 0.4) is 0 Å². The fraction of sp³-hybridized carbons (Fsp3) is 0. The van der Waals surface area contributed by atoms with Gasteiger partial charge < -0.3 is 9.32 Å². The third kappa shape index (κ3) is 5.40. The van der Waals surface area contributed by atoms with Crippen LogP contribution in [0.15, 0.2) is 199 Å². The standard InChI is InChI=1S/C46H33NO/c1-2-16-39(43-32-48-46-31-36-22-13-12-21-35(36)30-42(43)46)40-25-14-15-26-44(40)47(38-23-10-5-11-24-38)45-28-27-37(33-17-6-3-7-18-33)29-41(45)34-19-8-4-9-20-34/h2-32H,1H2/b39-16-. The van der Waals surface area contributed by atoms with E-state index in [0.717, 1.165) is 61.2 Å². The average Bonchev–Trinajstić information content (AvgIpc) is 3.57. The maximum atomic E-state index is 6.22. The molecule has 1 heterocycles. The summed E-state index contributed by atoms with van der Waals surface area (Å²) in [5.74, 6) is 0. The van der Waals surface area contributed by atoms with E-state index >= 15 is 0 Å². The topological polar surface area (TPSA) is 16.4 Å². The number of benzene rings is 7. The number of anilines is 3. The van der Waals surface area contributed by atoms with E-state index in [1.807, 2.05) is 12.3 Å². The molecule has 0 fully saturated rings. The number of rotatable bonds is 8. The SMILES string of the molecule is C=C/C=C(/c1ccccc1N(c1ccccc1)c1ccc(-c2ccccc2)cc1-c1ccccc1)c1coc2cc3ccccc3cc12. The van der Waals surface area contributed by atoms with Crippen LogP contribution in [0.2, 0.25) is 0 Å². The summed E-state index contributed by atoms with van der Waals surface area (Å²) in [6, 6.07) is 60.0. The third-order valence-electron chi connectivity index (χ3n) is 8.90. The van der Waals surface area contributed by atoms with E-state index in [9.17, 15) is 0 Å². The molecular formula is C46H33NO. The number of allylic oxidation sites excluding steroid dienone is 2. The molecule has 0 N–H and O–H groups in total. The fourth-order valence-corrected chi connectivity index (χ4v) is 6.64. The highest BCUT2D eigenvalue weighted by Crippen LogP contribution is 2.46. The van der Waals surface area contributed by atoms with Crippen molar-refractivity contribution >= 4 is 44.4 Å². The van der Waals surface area contributed by atoms with Gasteiger partial charge in [0.15, 0.2) is 0 Å². The van der Waals surface area contributed by atoms with E-state index in [0.29, 0.717) is 0 Å². The van der Waals surface area contributed by atoms with Gasteiger partial charge in [-0.25, -0.2) is 0 Å². The minimum Gasteiger partial charge on any atom is -0.464 e. The van der Waals surface area contributed by atoms with E-state index in [2.05, 4.69) is 187 Å². The molecule has 0 saturated heterocycles. The average molecular weight is 616 g/mol. The van der Waals surface area contributed by atoms with Crippen LogP contribution < -0.4 is 4.90 Å². The Labute approximate surface area is 281 Å². The minimum absolute atomic E-state index is 0.860. The van der Waals surface area contributed by atoms with Crippen molar-refractivity contribution in [2.24, 2.45) is 0 Å². The van der Waals surface area contributed by atoms with Crippen molar-refractivity contribution in [3.8, 4) is 22.3 Å². The van der Waals surface area contributed by atoms with Gasteiger partial charge in [-0.05, 0) is 75.5 Å². The van der Waals surface area contributed by atoms with Crippen LogP contribution in [0.1, 0.15) is 11.1 Å². The van der Waals surface area contributed by atoms with E-state index in [1.165, 1.54) is 16.5 Å². The van der Waals surface area contributed by atoms with Crippen LogP contribution in [-0.2, 0) is 0 Å². The lowest BCUT2D eigenvalue weighted by Gasteiger charge is -2.30. The Bertz CT molecular complexity index is 2400. The summed E-state index contributed by atoms with van der Waals surface area (Å²) in [6.07, 6.45) is 5.84. The summed E-state index contributed by atoms with van der Waals surface area (Å²) >= 11 is 0. The third-order valence-corrected chi connectivity index (χ3v) is 8.90. The first-order valence-corrected chi connectivity index (χ1v) is 16.2. The minimum atomic E-state index is 0.860. The van der Waals surface area contributed by atoms with Gasteiger partial charge in [0.05, 0.1) is 17.6 Å². The zero-order valence-electron chi connectivity index (χ0n) is 26.5. The number of furan rings is 1. The molecule has 0 amide bonds. The van der Waals surface area contributed by atoms with Crippen LogP contribution in [0.5, 0.6) is 0 Å². The van der Waals surface area contributed by atoms with Crippen molar-refractivity contribution < 1.29 is 4.42 Å². The van der Waals surface area contributed by atoms with Crippen LogP contribution in [0.4, 0.5) is 17.1 Å². The Hall–Kier alpha value is -6.38. The lowest BCUT2D eigenvalue weighted by molar-refractivity contribution is 0.615. The van der Waals surface area contributed by atoms with Gasteiger partial charge in [0.2, 0.25) is 0 Å². The van der Waals surface area contributed by atoms with E-state index in [1.54, 1.807) is 0 Å². The van der Waals surface area contributed by atoms with Gasteiger partial charge in [-0.3, -0.25) is 0 Å². The normalized spacial score (nSPS) is 11.5. The molecule has 1 aromatic heterocycles. The summed E-state index contributed by atoms with van der Waals surface area (Å²) in [4.78, 5) is 2.38. The lowest BCUT2D eigenvalue weighted by atomic mass is 9.92. The Morgan fingerprint density at radius 1 is 0.521 bits per heavy atom. The second kappa shape index (κ2) is 12.8. The quantitative estimate of drug-likeness (QED) is 0.158. The molecule has 0 unspecified atom stereocenters. The summed E-state index contributed by atoms with van der Waals surface area (Å²) in [7, 11) is 0. The molecule has 7 aromatic carbocycles. The fourth-order valence-electron chi connectivity index (χ4n) is 6.64.